The number of halogens is 2. The van der Waals surface area contributed by atoms with Crippen molar-refractivity contribution in [3.8, 4) is 0 Å². The highest BCUT2D eigenvalue weighted by Crippen LogP contribution is 2.59. The first-order valence-corrected chi connectivity index (χ1v) is 11.1. The van der Waals surface area contributed by atoms with Crippen LogP contribution >= 0.6 is 23.2 Å². The molecule has 1 N–H and O–H groups in total. The fourth-order valence-electron chi connectivity index (χ4n) is 4.74. The Morgan fingerprint density at radius 1 is 0.879 bits per heavy atom. The summed E-state index contributed by atoms with van der Waals surface area (Å²) in [6.45, 7) is 4.81. The Morgan fingerprint density at radius 2 is 1.39 bits per heavy atom. The van der Waals surface area contributed by atoms with Crippen LogP contribution in [0, 0.1) is 12.3 Å². The zero-order valence-electron chi connectivity index (χ0n) is 18.0. The van der Waals surface area contributed by atoms with Gasteiger partial charge in [0.25, 0.3) is 5.79 Å². The number of carbonyl (C=O) groups excluding carboxylic acids is 2. The Bertz CT molecular complexity index is 1230. The number of aryl methyl sites for hydroxylation is 1. The molecule has 2 unspecified atom stereocenters. The molecule has 9 heteroatoms. The fourth-order valence-corrected chi connectivity index (χ4v) is 4.99. The molecule has 2 aromatic carbocycles. The van der Waals surface area contributed by atoms with Crippen molar-refractivity contribution in [3.05, 3.63) is 81.0 Å². The maximum Gasteiger partial charge on any atom is 0.330 e. The molecular weight excluding hydrogens is 467 g/mol. The van der Waals surface area contributed by atoms with Gasteiger partial charge in [-0.15, -0.1) is 0 Å². The van der Waals surface area contributed by atoms with Crippen molar-refractivity contribution < 1.29 is 23.6 Å². The Balaban J connectivity index is 1.83. The third kappa shape index (κ3) is 3.30. The number of carbonyl (C=O) groups is 2. The van der Waals surface area contributed by atoms with Gasteiger partial charge in [0, 0.05) is 35.4 Å². The van der Waals surface area contributed by atoms with Crippen LogP contribution in [0.1, 0.15) is 48.2 Å². The van der Waals surface area contributed by atoms with Crippen molar-refractivity contribution in [2.45, 2.75) is 38.5 Å². The lowest BCUT2D eigenvalue weighted by Gasteiger charge is -2.49. The van der Waals surface area contributed by atoms with Crippen molar-refractivity contribution in [1.82, 2.24) is 5.16 Å². The Hall–Kier alpha value is -3.03. The highest BCUT2D eigenvalue weighted by atomic mass is 35.5. The first kappa shape index (κ1) is 21.8. The van der Waals surface area contributed by atoms with Crippen molar-refractivity contribution in [3.63, 3.8) is 0 Å². The molecule has 3 aromatic rings. The summed E-state index contributed by atoms with van der Waals surface area (Å²) in [6, 6.07) is 12.9. The lowest BCUT2D eigenvalue weighted by atomic mass is 9.60. The monoisotopic (exact) mass is 486 g/mol. The van der Waals surface area contributed by atoms with E-state index in [1.165, 1.54) is 13.8 Å². The number of fused-ring (bicyclic) bond motifs is 1. The first-order chi connectivity index (χ1) is 15.6. The molecule has 1 aromatic heterocycles. The normalized spacial score (nSPS) is 22.8. The summed E-state index contributed by atoms with van der Waals surface area (Å²) in [4.78, 5) is 27.8. The lowest BCUT2D eigenvalue weighted by molar-refractivity contribution is -0.254. The second-order valence-corrected chi connectivity index (χ2v) is 9.55. The van der Waals surface area contributed by atoms with Gasteiger partial charge in [0.15, 0.2) is 0 Å². The summed E-state index contributed by atoms with van der Waals surface area (Å²) in [5.74, 6) is -3.26. The highest BCUT2D eigenvalue weighted by Gasteiger charge is 2.68. The van der Waals surface area contributed by atoms with Gasteiger partial charge >= 0.3 is 11.9 Å². The number of esters is 2. The molecule has 1 saturated heterocycles. The number of nitrogens with zero attached hydrogens (tertiary/aromatic N) is 1. The molecule has 0 saturated carbocycles. The summed E-state index contributed by atoms with van der Waals surface area (Å²) in [7, 11) is 0. The summed E-state index contributed by atoms with van der Waals surface area (Å²) >= 11 is 12.2. The molecule has 1 fully saturated rings. The van der Waals surface area contributed by atoms with Gasteiger partial charge in [-0.1, -0.05) is 52.6 Å². The fraction of sp³-hybridized carbons (Fsp3) is 0.292. The summed E-state index contributed by atoms with van der Waals surface area (Å²) in [5, 5.41) is 8.35. The average molecular weight is 487 g/mol. The summed E-state index contributed by atoms with van der Waals surface area (Å²) in [6.07, 6.45) is 0. The SMILES string of the molecule is Cc1noc2c1C(c1ccc(Cl)cc1)C1(C(=O)OC(C)(C)OC1=O)C(c1ccc(Cl)cc1)N2. The van der Waals surface area contributed by atoms with Gasteiger partial charge in [-0.2, -0.15) is 0 Å². The number of hydrogen-bond acceptors (Lipinski definition) is 7. The van der Waals surface area contributed by atoms with Crippen LogP contribution in [0.4, 0.5) is 5.88 Å². The van der Waals surface area contributed by atoms with E-state index < -0.39 is 35.1 Å². The van der Waals surface area contributed by atoms with Crippen LogP contribution in [0.25, 0.3) is 0 Å². The van der Waals surface area contributed by atoms with E-state index in [9.17, 15) is 9.59 Å². The first-order valence-electron chi connectivity index (χ1n) is 10.3. The van der Waals surface area contributed by atoms with Gasteiger partial charge in [0.05, 0.1) is 11.7 Å². The van der Waals surface area contributed by atoms with Gasteiger partial charge in [-0.3, -0.25) is 9.59 Å². The predicted octanol–water partition coefficient (Wildman–Crippen LogP) is 5.41. The van der Waals surface area contributed by atoms with Crippen LogP contribution in [0.15, 0.2) is 53.1 Å². The van der Waals surface area contributed by atoms with E-state index in [0.29, 0.717) is 38.3 Å². The van der Waals surface area contributed by atoms with Crippen LogP contribution in [-0.2, 0) is 19.1 Å². The zero-order valence-corrected chi connectivity index (χ0v) is 19.5. The minimum Gasteiger partial charge on any atom is -0.422 e. The topological polar surface area (TPSA) is 90.7 Å². The molecule has 3 heterocycles. The lowest BCUT2D eigenvalue weighted by Crippen LogP contribution is -2.61. The number of benzene rings is 2. The van der Waals surface area contributed by atoms with Gasteiger partial charge in [-0.05, 0) is 42.3 Å². The maximum absolute atomic E-state index is 13.9. The van der Waals surface area contributed by atoms with Crippen molar-refractivity contribution >= 4 is 41.0 Å². The van der Waals surface area contributed by atoms with E-state index in [1.54, 1.807) is 55.5 Å². The molecule has 5 rings (SSSR count). The molecule has 0 bridgehead atoms. The largest absolute Gasteiger partial charge is 0.422 e. The summed E-state index contributed by atoms with van der Waals surface area (Å²) < 4.78 is 17.0. The molecule has 7 nitrogen and oxygen atoms in total. The Morgan fingerprint density at radius 3 is 1.94 bits per heavy atom. The molecular formula is C24H20Cl2N2O5. The van der Waals surface area contributed by atoms with E-state index in [4.69, 9.17) is 37.2 Å². The van der Waals surface area contributed by atoms with Crippen molar-refractivity contribution in [1.29, 1.82) is 0 Å². The predicted molar refractivity (Wildman–Crippen MR) is 121 cm³/mol. The number of anilines is 1. The number of ether oxygens (including phenoxy) is 2. The van der Waals surface area contributed by atoms with Crippen molar-refractivity contribution in [2.75, 3.05) is 5.32 Å². The molecule has 170 valence electrons. The summed E-state index contributed by atoms with van der Waals surface area (Å²) in [5.41, 5.74) is 0.612. The number of aromatic nitrogens is 1. The molecule has 0 radical (unpaired) electrons. The minimum atomic E-state index is -1.81. The van der Waals surface area contributed by atoms with Gasteiger partial charge in [-0.25, -0.2) is 0 Å². The standard InChI is InChI=1S/C24H20Cl2N2O5/c1-12-17-18(13-4-8-15(25)9-5-13)24(21(29)31-23(2,3)32-22(24)30)19(27-20(17)33-28-12)14-6-10-16(26)11-7-14/h4-11,18-19,27H,1-3H3. The molecule has 0 amide bonds. The Kier molecular flexibility index (Phi) is 4.95. The second kappa shape index (κ2) is 7.50. The molecule has 33 heavy (non-hydrogen) atoms. The quantitative estimate of drug-likeness (QED) is 0.382. The van der Waals surface area contributed by atoms with E-state index in [-0.39, 0.29) is 0 Å². The molecule has 2 aliphatic heterocycles. The molecule has 2 aliphatic rings. The minimum absolute atomic E-state index is 0.364. The molecule has 0 aliphatic carbocycles. The van der Waals surface area contributed by atoms with Gasteiger partial charge < -0.3 is 19.3 Å². The zero-order chi connectivity index (χ0) is 23.5. The van der Waals surface area contributed by atoms with E-state index in [1.807, 2.05) is 0 Å². The Labute approximate surface area is 199 Å². The third-order valence-corrected chi connectivity index (χ3v) is 6.65. The van der Waals surface area contributed by atoms with Crippen molar-refractivity contribution in [2.24, 2.45) is 5.41 Å². The van der Waals surface area contributed by atoms with E-state index >= 15 is 0 Å². The number of hydrogen-bond donors (Lipinski definition) is 1. The smallest absolute Gasteiger partial charge is 0.330 e. The average Bonchev–Trinajstić information content (AvgIpc) is 3.12. The number of cyclic esters (lactones) is 2. The van der Waals surface area contributed by atoms with Crippen LogP contribution in [-0.4, -0.2) is 22.9 Å². The van der Waals surface area contributed by atoms with E-state index in [0.717, 1.165) is 0 Å². The highest BCUT2D eigenvalue weighted by molar-refractivity contribution is 6.30. The van der Waals surface area contributed by atoms with E-state index in [2.05, 4.69) is 10.5 Å². The van der Waals surface area contributed by atoms with Gasteiger partial charge in [0.2, 0.25) is 11.3 Å². The third-order valence-electron chi connectivity index (χ3n) is 6.14. The molecule has 2 atom stereocenters. The van der Waals surface area contributed by atoms with Crippen LogP contribution in [0.2, 0.25) is 10.0 Å². The van der Waals surface area contributed by atoms with Crippen LogP contribution in [0.3, 0.4) is 0 Å². The number of rotatable bonds is 2. The van der Waals surface area contributed by atoms with Crippen LogP contribution in [0.5, 0.6) is 0 Å². The van der Waals surface area contributed by atoms with Crippen LogP contribution < -0.4 is 5.32 Å². The number of nitrogens with one attached hydrogen (secondary N) is 1. The maximum atomic E-state index is 13.9. The molecule has 1 spiro atoms. The second-order valence-electron chi connectivity index (χ2n) is 8.67. The van der Waals surface area contributed by atoms with Gasteiger partial charge in [0.1, 0.15) is 0 Å².